The summed E-state index contributed by atoms with van der Waals surface area (Å²) in [6.07, 6.45) is 1.06. The van der Waals surface area contributed by atoms with E-state index in [0.29, 0.717) is 6.04 Å². The van der Waals surface area contributed by atoms with Crippen LogP contribution in [-0.4, -0.2) is 7.05 Å². The van der Waals surface area contributed by atoms with Crippen molar-refractivity contribution in [3.8, 4) is 0 Å². The van der Waals surface area contributed by atoms with E-state index in [1.165, 1.54) is 5.56 Å². The highest BCUT2D eigenvalue weighted by molar-refractivity contribution is 6.31. The van der Waals surface area contributed by atoms with Gasteiger partial charge in [0.05, 0.1) is 0 Å². The Labute approximate surface area is 78.7 Å². The lowest BCUT2D eigenvalue weighted by Gasteiger charge is -2.15. The van der Waals surface area contributed by atoms with Crippen LogP contribution in [0.3, 0.4) is 0 Å². The summed E-state index contributed by atoms with van der Waals surface area (Å²) in [5.74, 6) is 0. The van der Waals surface area contributed by atoms with Crippen LogP contribution in [0.1, 0.15) is 24.9 Å². The third-order valence-electron chi connectivity index (χ3n) is 2.04. The van der Waals surface area contributed by atoms with Gasteiger partial charge >= 0.3 is 0 Å². The first-order valence-corrected chi connectivity index (χ1v) is 4.59. The van der Waals surface area contributed by atoms with Crippen molar-refractivity contribution in [2.24, 2.45) is 0 Å². The van der Waals surface area contributed by atoms with Gasteiger partial charge in [-0.2, -0.15) is 0 Å². The van der Waals surface area contributed by atoms with Crippen molar-refractivity contribution < 1.29 is 0 Å². The third kappa shape index (κ3) is 1.99. The maximum atomic E-state index is 6.04. The van der Waals surface area contributed by atoms with Gasteiger partial charge in [-0.1, -0.05) is 36.7 Å². The monoisotopic (exact) mass is 183 g/mol. The number of nitrogens with one attached hydrogen (secondary N) is 1. The Morgan fingerprint density at radius 1 is 1.42 bits per heavy atom. The third-order valence-corrected chi connectivity index (χ3v) is 2.38. The lowest BCUT2D eigenvalue weighted by atomic mass is 10.1. The Hall–Kier alpha value is -0.530. The van der Waals surface area contributed by atoms with E-state index in [1.54, 1.807) is 0 Å². The van der Waals surface area contributed by atoms with E-state index in [-0.39, 0.29) is 0 Å². The smallest absolute Gasteiger partial charge is 0.0453 e. The molecule has 0 saturated carbocycles. The first-order chi connectivity index (χ1) is 5.79. The summed E-state index contributed by atoms with van der Waals surface area (Å²) in [6, 6.07) is 8.33. The largest absolute Gasteiger partial charge is 0.313 e. The van der Waals surface area contributed by atoms with Crippen molar-refractivity contribution in [2.75, 3.05) is 7.05 Å². The Bertz CT molecular complexity index is 243. The zero-order chi connectivity index (χ0) is 8.97. The van der Waals surface area contributed by atoms with Crippen LogP contribution in [0.4, 0.5) is 0 Å². The molecule has 0 aromatic heterocycles. The van der Waals surface area contributed by atoms with Crippen LogP contribution in [-0.2, 0) is 0 Å². The molecular formula is C10H14ClN. The van der Waals surface area contributed by atoms with E-state index in [1.807, 2.05) is 25.2 Å². The second kappa shape index (κ2) is 4.48. The molecule has 0 aliphatic rings. The molecule has 12 heavy (non-hydrogen) atoms. The van der Waals surface area contributed by atoms with E-state index in [2.05, 4.69) is 18.3 Å². The van der Waals surface area contributed by atoms with E-state index < -0.39 is 0 Å². The van der Waals surface area contributed by atoms with Crippen LogP contribution in [0.25, 0.3) is 0 Å². The molecule has 1 atom stereocenters. The molecule has 0 bridgehead atoms. The van der Waals surface area contributed by atoms with Crippen molar-refractivity contribution >= 4 is 11.6 Å². The van der Waals surface area contributed by atoms with Crippen LogP contribution >= 0.6 is 11.6 Å². The van der Waals surface area contributed by atoms with Crippen LogP contribution in [0, 0.1) is 0 Å². The molecule has 0 fully saturated rings. The highest BCUT2D eigenvalue weighted by Crippen LogP contribution is 2.23. The molecule has 0 amide bonds. The number of rotatable bonds is 3. The molecule has 0 aliphatic heterocycles. The second-order valence-corrected chi connectivity index (χ2v) is 3.18. The summed E-state index contributed by atoms with van der Waals surface area (Å²) < 4.78 is 0. The van der Waals surface area contributed by atoms with E-state index in [0.717, 1.165) is 11.4 Å². The zero-order valence-corrected chi connectivity index (χ0v) is 8.23. The summed E-state index contributed by atoms with van der Waals surface area (Å²) in [6.45, 7) is 2.14. The molecule has 1 rings (SSSR count). The summed E-state index contributed by atoms with van der Waals surface area (Å²) in [4.78, 5) is 0. The van der Waals surface area contributed by atoms with Gasteiger partial charge < -0.3 is 5.32 Å². The molecule has 1 unspecified atom stereocenters. The first kappa shape index (κ1) is 9.56. The van der Waals surface area contributed by atoms with Gasteiger partial charge in [-0.15, -0.1) is 0 Å². The maximum absolute atomic E-state index is 6.04. The lowest BCUT2D eigenvalue weighted by Crippen LogP contribution is -2.15. The van der Waals surface area contributed by atoms with Crippen molar-refractivity contribution in [2.45, 2.75) is 19.4 Å². The number of benzene rings is 1. The minimum atomic E-state index is 0.374. The molecule has 0 heterocycles. The minimum Gasteiger partial charge on any atom is -0.313 e. The van der Waals surface area contributed by atoms with Crippen molar-refractivity contribution in [3.05, 3.63) is 34.9 Å². The van der Waals surface area contributed by atoms with Crippen molar-refractivity contribution in [1.29, 1.82) is 0 Å². The molecule has 0 radical (unpaired) electrons. The van der Waals surface area contributed by atoms with Crippen molar-refractivity contribution in [1.82, 2.24) is 5.32 Å². The summed E-state index contributed by atoms with van der Waals surface area (Å²) in [7, 11) is 1.96. The van der Waals surface area contributed by atoms with Gasteiger partial charge in [0.25, 0.3) is 0 Å². The van der Waals surface area contributed by atoms with Gasteiger partial charge in [-0.3, -0.25) is 0 Å². The van der Waals surface area contributed by atoms with Gasteiger partial charge in [-0.25, -0.2) is 0 Å². The van der Waals surface area contributed by atoms with E-state index in [9.17, 15) is 0 Å². The SMILES string of the molecule is CCC(NC)c1ccccc1Cl. The molecule has 1 aromatic carbocycles. The van der Waals surface area contributed by atoms with E-state index in [4.69, 9.17) is 11.6 Å². The van der Waals surface area contributed by atoms with Gasteiger partial charge in [0, 0.05) is 11.1 Å². The minimum absolute atomic E-state index is 0.374. The lowest BCUT2D eigenvalue weighted by molar-refractivity contribution is 0.577. The average molecular weight is 184 g/mol. The second-order valence-electron chi connectivity index (χ2n) is 2.77. The molecule has 0 spiro atoms. The predicted octanol–water partition coefficient (Wildman–Crippen LogP) is 3.01. The van der Waals surface area contributed by atoms with Crippen LogP contribution in [0.2, 0.25) is 5.02 Å². The highest BCUT2D eigenvalue weighted by atomic mass is 35.5. The number of hydrogen-bond donors (Lipinski definition) is 1. The summed E-state index contributed by atoms with van der Waals surface area (Å²) >= 11 is 6.04. The predicted molar refractivity (Wildman–Crippen MR) is 53.5 cm³/mol. The zero-order valence-electron chi connectivity index (χ0n) is 7.47. The van der Waals surface area contributed by atoms with Gasteiger partial charge in [0.1, 0.15) is 0 Å². The fourth-order valence-electron chi connectivity index (χ4n) is 1.34. The summed E-state index contributed by atoms with van der Waals surface area (Å²) in [5, 5.41) is 4.07. The Morgan fingerprint density at radius 2 is 2.08 bits per heavy atom. The molecule has 66 valence electrons. The molecular weight excluding hydrogens is 170 g/mol. The Morgan fingerprint density at radius 3 is 2.58 bits per heavy atom. The molecule has 1 N–H and O–H groups in total. The fourth-order valence-corrected chi connectivity index (χ4v) is 1.60. The van der Waals surface area contributed by atoms with Gasteiger partial charge in [0.2, 0.25) is 0 Å². The molecule has 1 nitrogen and oxygen atoms in total. The van der Waals surface area contributed by atoms with Crippen LogP contribution in [0.15, 0.2) is 24.3 Å². The highest BCUT2D eigenvalue weighted by Gasteiger charge is 2.08. The van der Waals surface area contributed by atoms with Gasteiger partial charge in [-0.05, 0) is 25.1 Å². The number of hydrogen-bond acceptors (Lipinski definition) is 1. The molecule has 0 saturated heterocycles. The standard InChI is InChI=1S/C10H14ClN/c1-3-10(12-2)8-6-4-5-7-9(8)11/h4-7,10,12H,3H2,1-2H3. The number of halogens is 1. The normalized spacial score (nSPS) is 12.9. The molecule has 2 heteroatoms. The Balaban J connectivity index is 2.92. The average Bonchev–Trinajstić information content (AvgIpc) is 2.10. The van der Waals surface area contributed by atoms with Gasteiger partial charge in [0.15, 0.2) is 0 Å². The summed E-state index contributed by atoms with van der Waals surface area (Å²) in [5.41, 5.74) is 1.18. The van der Waals surface area contributed by atoms with Crippen LogP contribution in [0.5, 0.6) is 0 Å². The fraction of sp³-hybridized carbons (Fsp3) is 0.400. The first-order valence-electron chi connectivity index (χ1n) is 4.21. The Kier molecular flexibility index (Phi) is 3.57. The van der Waals surface area contributed by atoms with Crippen LogP contribution < -0.4 is 5.32 Å². The van der Waals surface area contributed by atoms with E-state index >= 15 is 0 Å². The maximum Gasteiger partial charge on any atom is 0.0453 e. The molecule has 1 aromatic rings. The quantitative estimate of drug-likeness (QED) is 0.760. The topological polar surface area (TPSA) is 12.0 Å². The van der Waals surface area contributed by atoms with Crippen molar-refractivity contribution in [3.63, 3.8) is 0 Å². The molecule has 0 aliphatic carbocycles.